The van der Waals surface area contributed by atoms with Gasteiger partial charge in [-0.25, -0.2) is 0 Å². The highest BCUT2D eigenvalue weighted by Gasteiger charge is 2.18. The van der Waals surface area contributed by atoms with Gasteiger partial charge in [-0.1, -0.05) is 29.8 Å². The topological polar surface area (TPSA) is 32.3 Å². The van der Waals surface area contributed by atoms with E-state index in [1.165, 1.54) is 17.5 Å². The summed E-state index contributed by atoms with van der Waals surface area (Å²) in [6.45, 7) is 7.87. The van der Waals surface area contributed by atoms with Crippen molar-refractivity contribution in [2.45, 2.75) is 39.7 Å². The van der Waals surface area contributed by atoms with E-state index in [2.05, 4.69) is 43.4 Å². The second-order valence-electron chi connectivity index (χ2n) is 5.79. The van der Waals surface area contributed by atoms with Gasteiger partial charge < -0.3 is 10.2 Å². The van der Waals surface area contributed by atoms with Gasteiger partial charge in [-0.2, -0.15) is 0 Å². The molecule has 3 nitrogen and oxygen atoms in total. The Kier molecular flexibility index (Phi) is 5.60. The first kappa shape index (κ1) is 15.0. The predicted molar refractivity (Wildman–Crippen MR) is 82.5 cm³/mol. The molecule has 0 aliphatic carbocycles. The van der Waals surface area contributed by atoms with Gasteiger partial charge in [0.15, 0.2) is 0 Å². The van der Waals surface area contributed by atoms with Gasteiger partial charge >= 0.3 is 0 Å². The van der Waals surface area contributed by atoms with Gasteiger partial charge in [0.2, 0.25) is 5.91 Å². The Labute approximate surface area is 122 Å². The molecule has 1 fully saturated rings. The van der Waals surface area contributed by atoms with Crippen LogP contribution in [0.1, 0.15) is 37.3 Å². The van der Waals surface area contributed by atoms with Crippen LogP contribution in [0.3, 0.4) is 0 Å². The van der Waals surface area contributed by atoms with E-state index in [0.717, 1.165) is 32.6 Å². The first-order valence-electron chi connectivity index (χ1n) is 7.73. The predicted octanol–water partition coefficient (Wildman–Crippen LogP) is 2.73. The Bertz CT molecular complexity index is 438. The van der Waals surface area contributed by atoms with Gasteiger partial charge in [0.1, 0.15) is 0 Å². The number of nitrogens with zero attached hydrogens (tertiary/aromatic N) is 1. The normalized spacial score (nSPS) is 18.2. The fraction of sp³-hybridized carbons (Fsp3) is 0.588. The van der Waals surface area contributed by atoms with Crippen LogP contribution in [0.4, 0.5) is 0 Å². The SMILES string of the molecule is CCN(Cc1cccc(C)c1)C(=O)CCC1CCNC1. The summed E-state index contributed by atoms with van der Waals surface area (Å²) in [7, 11) is 0. The molecule has 2 rings (SSSR count). The lowest BCUT2D eigenvalue weighted by molar-refractivity contribution is -0.131. The number of carbonyl (C=O) groups excluding carboxylic acids is 1. The maximum atomic E-state index is 12.3. The molecule has 1 aromatic carbocycles. The Morgan fingerprint density at radius 2 is 2.30 bits per heavy atom. The van der Waals surface area contributed by atoms with Crippen LogP contribution in [0.2, 0.25) is 0 Å². The summed E-state index contributed by atoms with van der Waals surface area (Å²) in [6.07, 6.45) is 2.93. The summed E-state index contributed by atoms with van der Waals surface area (Å²) >= 11 is 0. The number of aryl methyl sites for hydroxylation is 1. The molecule has 1 aliphatic heterocycles. The summed E-state index contributed by atoms with van der Waals surface area (Å²) < 4.78 is 0. The van der Waals surface area contributed by atoms with E-state index in [1.54, 1.807) is 0 Å². The molecule has 1 atom stereocenters. The standard InChI is InChI=1S/C17H26N2O/c1-3-19(13-16-6-4-5-14(2)11-16)17(20)8-7-15-9-10-18-12-15/h4-6,11,15,18H,3,7-10,12-13H2,1-2H3. The van der Waals surface area contributed by atoms with Crippen molar-refractivity contribution < 1.29 is 4.79 Å². The second kappa shape index (κ2) is 7.44. The number of rotatable bonds is 6. The van der Waals surface area contributed by atoms with Gasteiger partial charge in [0.05, 0.1) is 0 Å². The van der Waals surface area contributed by atoms with Crippen LogP contribution in [-0.2, 0) is 11.3 Å². The molecule has 1 amide bonds. The van der Waals surface area contributed by atoms with Gasteiger partial charge in [-0.3, -0.25) is 4.79 Å². The summed E-state index contributed by atoms with van der Waals surface area (Å²) in [5.74, 6) is 0.984. The number of hydrogen-bond donors (Lipinski definition) is 1. The summed E-state index contributed by atoms with van der Waals surface area (Å²) in [5.41, 5.74) is 2.48. The van der Waals surface area contributed by atoms with Crippen LogP contribution in [-0.4, -0.2) is 30.4 Å². The highest BCUT2D eigenvalue weighted by atomic mass is 16.2. The Hall–Kier alpha value is -1.35. The minimum atomic E-state index is 0.293. The summed E-state index contributed by atoms with van der Waals surface area (Å²) in [4.78, 5) is 14.3. The van der Waals surface area contributed by atoms with Gasteiger partial charge in [0, 0.05) is 19.5 Å². The van der Waals surface area contributed by atoms with Crippen molar-refractivity contribution >= 4 is 5.91 Å². The first-order valence-corrected chi connectivity index (χ1v) is 7.73. The summed E-state index contributed by atoms with van der Waals surface area (Å²) in [6, 6.07) is 8.42. The quantitative estimate of drug-likeness (QED) is 0.865. The van der Waals surface area contributed by atoms with Crippen molar-refractivity contribution in [2.75, 3.05) is 19.6 Å². The Balaban J connectivity index is 1.85. The van der Waals surface area contributed by atoms with E-state index < -0.39 is 0 Å². The Morgan fingerprint density at radius 3 is 2.95 bits per heavy atom. The molecular weight excluding hydrogens is 248 g/mol. The first-order chi connectivity index (χ1) is 9.69. The maximum Gasteiger partial charge on any atom is 0.222 e. The molecule has 1 saturated heterocycles. The lowest BCUT2D eigenvalue weighted by Gasteiger charge is -2.22. The smallest absolute Gasteiger partial charge is 0.222 e. The zero-order chi connectivity index (χ0) is 14.4. The fourth-order valence-electron chi connectivity index (χ4n) is 2.85. The molecule has 1 aliphatic rings. The lowest BCUT2D eigenvalue weighted by atomic mass is 10.0. The van der Waals surface area contributed by atoms with Crippen LogP contribution >= 0.6 is 0 Å². The zero-order valence-electron chi connectivity index (χ0n) is 12.7. The third-order valence-electron chi connectivity index (χ3n) is 4.12. The van der Waals surface area contributed by atoms with Gasteiger partial charge in [-0.05, 0) is 51.3 Å². The Morgan fingerprint density at radius 1 is 1.45 bits per heavy atom. The highest BCUT2D eigenvalue weighted by molar-refractivity contribution is 5.76. The van der Waals surface area contributed by atoms with E-state index in [-0.39, 0.29) is 0 Å². The van der Waals surface area contributed by atoms with E-state index in [4.69, 9.17) is 0 Å². The third kappa shape index (κ3) is 4.34. The van der Waals surface area contributed by atoms with Crippen molar-refractivity contribution in [3.05, 3.63) is 35.4 Å². The van der Waals surface area contributed by atoms with E-state index >= 15 is 0 Å². The summed E-state index contributed by atoms with van der Waals surface area (Å²) in [5, 5.41) is 3.36. The molecule has 20 heavy (non-hydrogen) atoms. The number of amides is 1. The van der Waals surface area contributed by atoms with Crippen molar-refractivity contribution in [1.29, 1.82) is 0 Å². The van der Waals surface area contributed by atoms with E-state index in [1.807, 2.05) is 4.90 Å². The van der Waals surface area contributed by atoms with Gasteiger partial charge in [0.25, 0.3) is 0 Å². The molecule has 1 aromatic rings. The van der Waals surface area contributed by atoms with Crippen molar-refractivity contribution in [3.63, 3.8) is 0 Å². The van der Waals surface area contributed by atoms with Crippen molar-refractivity contribution in [1.82, 2.24) is 10.2 Å². The highest BCUT2D eigenvalue weighted by Crippen LogP contribution is 2.16. The van der Waals surface area contributed by atoms with Gasteiger partial charge in [-0.15, -0.1) is 0 Å². The number of hydrogen-bond acceptors (Lipinski definition) is 2. The molecule has 0 radical (unpaired) electrons. The zero-order valence-corrected chi connectivity index (χ0v) is 12.7. The minimum Gasteiger partial charge on any atom is -0.339 e. The van der Waals surface area contributed by atoms with Crippen LogP contribution in [0.25, 0.3) is 0 Å². The number of nitrogens with one attached hydrogen (secondary N) is 1. The maximum absolute atomic E-state index is 12.3. The second-order valence-corrected chi connectivity index (χ2v) is 5.79. The molecule has 1 N–H and O–H groups in total. The molecule has 1 heterocycles. The van der Waals surface area contributed by atoms with Crippen LogP contribution in [0.5, 0.6) is 0 Å². The van der Waals surface area contributed by atoms with Crippen molar-refractivity contribution in [2.24, 2.45) is 5.92 Å². The molecule has 3 heteroatoms. The number of benzene rings is 1. The fourth-order valence-corrected chi connectivity index (χ4v) is 2.85. The third-order valence-corrected chi connectivity index (χ3v) is 4.12. The largest absolute Gasteiger partial charge is 0.339 e. The van der Waals surface area contributed by atoms with Crippen LogP contribution in [0.15, 0.2) is 24.3 Å². The molecule has 0 spiro atoms. The average Bonchev–Trinajstić information content (AvgIpc) is 2.95. The molecule has 0 saturated carbocycles. The molecule has 1 unspecified atom stereocenters. The molecule has 110 valence electrons. The monoisotopic (exact) mass is 274 g/mol. The molecule has 0 aromatic heterocycles. The average molecular weight is 274 g/mol. The minimum absolute atomic E-state index is 0.293. The molecular formula is C17H26N2O. The number of carbonyl (C=O) groups is 1. The van der Waals surface area contributed by atoms with E-state index in [0.29, 0.717) is 18.2 Å². The lowest BCUT2D eigenvalue weighted by Crippen LogP contribution is -2.30. The van der Waals surface area contributed by atoms with Crippen LogP contribution in [0, 0.1) is 12.8 Å². The molecule has 0 bridgehead atoms. The van der Waals surface area contributed by atoms with E-state index in [9.17, 15) is 4.79 Å². The van der Waals surface area contributed by atoms with Crippen molar-refractivity contribution in [3.8, 4) is 0 Å². The van der Waals surface area contributed by atoms with Crippen LogP contribution < -0.4 is 5.32 Å².